The van der Waals surface area contributed by atoms with Crippen molar-refractivity contribution in [3.05, 3.63) is 64.9 Å². The molecular weight excluding hydrogens is 424 g/mol. The van der Waals surface area contributed by atoms with Crippen LogP contribution in [-0.2, 0) is 17.8 Å². The molecule has 1 aromatic heterocycles. The van der Waals surface area contributed by atoms with E-state index in [9.17, 15) is 9.59 Å². The van der Waals surface area contributed by atoms with Crippen LogP contribution in [0.5, 0.6) is 0 Å². The van der Waals surface area contributed by atoms with Gasteiger partial charge in [0.15, 0.2) is 0 Å². The number of aromatic nitrogens is 2. The molecule has 2 aromatic carbocycles. The number of para-hydroxylation sites is 2. The monoisotopic (exact) mass is 454 g/mol. The molecule has 0 unspecified atom stereocenters. The Labute approximate surface area is 194 Å². The van der Waals surface area contributed by atoms with E-state index in [0.717, 1.165) is 16.9 Å². The summed E-state index contributed by atoms with van der Waals surface area (Å²) in [6.45, 7) is 8.88. The summed E-state index contributed by atoms with van der Waals surface area (Å²) < 4.78 is 2.01. The van der Waals surface area contributed by atoms with Crippen LogP contribution >= 0.6 is 11.6 Å². The molecule has 0 aliphatic heterocycles. The van der Waals surface area contributed by atoms with Crippen molar-refractivity contribution in [3.63, 3.8) is 0 Å². The molecule has 0 fully saturated rings. The topological polar surface area (TPSA) is 67.2 Å². The van der Waals surface area contributed by atoms with Gasteiger partial charge in [0.25, 0.3) is 5.91 Å². The number of nitrogens with zero attached hydrogens (tertiary/aromatic N) is 3. The standard InChI is InChI=1S/C25H31ClN4O2/c1-17(2)30(18(3)4)24(31)16-29-22-13-8-7-12-21(22)28-23(29)14-9-15-27-25(32)19-10-5-6-11-20(19)26/h5-8,10-13,17-18H,9,14-16H2,1-4H3,(H,27,32). The maximum absolute atomic E-state index is 13.1. The quantitative estimate of drug-likeness (QED) is 0.476. The van der Waals surface area contributed by atoms with Crippen LogP contribution in [0.15, 0.2) is 48.5 Å². The molecule has 170 valence electrons. The molecule has 32 heavy (non-hydrogen) atoms. The van der Waals surface area contributed by atoms with Crippen LogP contribution in [0.2, 0.25) is 5.02 Å². The normalized spacial score (nSPS) is 11.3. The molecule has 0 atom stereocenters. The van der Waals surface area contributed by atoms with Gasteiger partial charge in [-0.1, -0.05) is 35.9 Å². The van der Waals surface area contributed by atoms with Gasteiger partial charge in [0.05, 0.1) is 21.6 Å². The minimum atomic E-state index is -0.191. The number of hydrogen-bond donors (Lipinski definition) is 1. The lowest BCUT2D eigenvalue weighted by Gasteiger charge is -2.31. The second kappa shape index (κ2) is 10.6. The average Bonchev–Trinajstić information content (AvgIpc) is 3.08. The number of hydrogen-bond acceptors (Lipinski definition) is 3. The Morgan fingerprint density at radius 3 is 2.38 bits per heavy atom. The Balaban J connectivity index is 1.71. The van der Waals surface area contributed by atoms with Gasteiger partial charge in [0.2, 0.25) is 5.91 Å². The highest BCUT2D eigenvalue weighted by molar-refractivity contribution is 6.33. The van der Waals surface area contributed by atoms with E-state index in [4.69, 9.17) is 16.6 Å². The second-order valence-electron chi connectivity index (χ2n) is 8.43. The number of fused-ring (bicyclic) bond motifs is 1. The molecule has 3 rings (SSSR count). The third-order valence-corrected chi connectivity index (χ3v) is 5.74. The highest BCUT2D eigenvalue weighted by Gasteiger charge is 2.22. The third kappa shape index (κ3) is 5.49. The molecule has 0 bridgehead atoms. The summed E-state index contributed by atoms with van der Waals surface area (Å²) in [5.41, 5.74) is 2.29. The number of nitrogens with one attached hydrogen (secondary N) is 1. The first kappa shape index (κ1) is 23.8. The molecular formula is C25H31ClN4O2. The molecule has 2 amide bonds. The summed E-state index contributed by atoms with van der Waals surface area (Å²) in [5.74, 6) is 0.731. The average molecular weight is 455 g/mol. The third-order valence-electron chi connectivity index (χ3n) is 5.41. The van der Waals surface area contributed by atoms with Gasteiger partial charge in [-0.3, -0.25) is 9.59 Å². The van der Waals surface area contributed by atoms with E-state index in [1.54, 1.807) is 24.3 Å². The van der Waals surface area contributed by atoms with Crippen molar-refractivity contribution in [1.29, 1.82) is 0 Å². The molecule has 6 nitrogen and oxygen atoms in total. The van der Waals surface area contributed by atoms with E-state index in [-0.39, 0.29) is 30.4 Å². The van der Waals surface area contributed by atoms with Crippen LogP contribution in [0.25, 0.3) is 11.0 Å². The molecule has 0 saturated carbocycles. The summed E-state index contributed by atoms with van der Waals surface area (Å²) >= 11 is 6.10. The zero-order valence-corrected chi connectivity index (χ0v) is 19.9. The summed E-state index contributed by atoms with van der Waals surface area (Å²) in [5, 5.41) is 3.35. The van der Waals surface area contributed by atoms with Gasteiger partial charge >= 0.3 is 0 Å². The van der Waals surface area contributed by atoms with Gasteiger partial charge in [-0.25, -0.2) is 4.98 Å². The van der Waals surface area contributed by atoms with Crippen molar-refractivity contribution in [1.82, 2.24) is 19.8 Å². The van der Waals surface area contributed by atoms with Gasteiger partial charge in [0, 0.05) is 25.0 Å². The van der Waals surface area contributed by atoms with E-state index >= 15 is 0 Å². The molecule has 0 saturated heterocycles. The van der Waals surface area contributed by atoms with Gasteiger partial charge in [-0.05, 0) is 58.4 Å². The number of carbonyl (C=O) groups excluding carboxylic acids is 2. The fraction of sp³-hybridized carbons (Fsp3) is 0.400. The number of aryl methyl sites for hydroxylation is 1. The number of carbonyl (C=O) groups is 2. The molecule has 7 heteroatoms. The van der Waals surface area contributed by atoms with Crippen molar-refractivity contribution in [2.24, 2.45) is 0 Å². The predicted molar refractivity (Wildman–Crippen MR) is 129 cm³/mol. The van der Waals surface area contributed by atoms with Gasteiger partial charge in [-0.2, -0.15) is 0 Å². The Kier molecular flexibility index (Phi) is 7.91. The minimum absolute atomic E-state index is 0.0754. The number of benzene rings is 2. The van der Waals surface area contributed by atoms with Gasteiger partial charge in [0.1, 0.15) is 12.4 Å². The molecule has 1 N–H and O–H groups in total. The SMILES string of the molecule is CC(C)N(C(=O)Cn1c(CCCNC(=O)c2ccccc2Cl)nc2ccccc21)C(C)C. The summed E-state index contributed by atoms with van der Waals surface area (Å²) in [7, 11) is 0. The Morgan fingerprint density at radius 2 is 1.69 bits per heavy atom. The first-order chi connectivity index (χ1) is 15.3. The lowest BCUT2D eigenvalue weighted by atomic mass is 10.2. The van der Waals surface area contributed by atoms with E-state index in [1.165, 1.54) is 0 Å². The lowest BCUT2D eigenvalue weighted by Crippen LogP contribution is -2.43. The smallest absolute Gasteiger partial charge is 0.252 e. The Morgan fingerprint density at radius 1 is 1.03 bits per heavy atom. The summed E-state index contributed by atoms with van der Waals surface area (Å²) in [6, 6.07) is 15.1. The van der Waals surface area contributed by atoms with Crippen molar-refractivity contribution in [2.45, 2.75) is 59.2 Å². The second-order valence-corrected chi connectivity index (χ2v) is 8.84. The van der Waals surface area contributed by atoms with E-state index in [0.29, 0.717) is 30.0 Å². The largest absolute Gasteiger partial charge is 0.352 e. The molecule has 0 aliphatic rings. The van der Waals surface area contributed by atoms with Crippen molar-refractivity contribution >= 4 is 34.4 Å². The van der Waals surface area contributed by atoms with Crippen LogP contribution in [0, 0.1) is 0 Å². The van der Waals surface area contributed by atoms with Gasteiger partial charge in [-0.15, -0.1) is 0 Å². The maximum atomic E-state index is 13.1. The van der Waals surface area contributed by atoms with E-state index in [2.05, 4.69) is 5.32 Å². The van der Waals surface area contributed by atoms with Crippen molar-refractivity contribution in [3.8, 4) is 0 Å². The minimum Gasteiger partial charge on any atom is -0.352 e. The van der Waals surface area contributed by atoms with Crippen LogP contribution < -0.4 is 5.32 Å². The molecule has 0 radical (unpaired) electrons. The highest BCUT2D eigenvalue weighted by atomic mass is 35.5. The molecule has 0 aliphatic carbocycles. The van der Waals surface area contributed by atoms with E-state index in [1.807, 2.05) is 61.4 Å². The zero-order valence-electron chi connectivity index (χ0n) is 19.1. The van der Waals surface area contributed by atoms with Gasteiger partial charge < -0.3 is 14.8 Å². The Hall–Kier alpha value is -2.86. The number of amides is 2. The number of rotatable bonds is 9. The zero-order chi connectivity index (χ0) is 23.3. The predicted octanol–water partition coefficient (Wildman–Crippen LogP) is 4.70. The fourth-order valence-electron chi connectivity index (χ4n) is 4.07. The lowest BCUT2D eigenvalue weighted by molar-refractivity contribution is -0.135. The van der Waals surface area contributed by atoms with Crippen LogP contribution in [-0.4, -0.2) is 44.9 Å². The van der Waals surface area contributed by atoms with Crippen LogP contribution in [0.3, 0.4) is 0 Å². The molecule has 3 aromatic rings. The fourth-order valence-corrected chi connectivity index (χ4v) is 4.29. The van der Waals surface area contributed by atoms with E-state index < -0.39 is 0 Å². The number of imidazole rings is 1. The Bertz CT molecular complexity index is 1080. The first-order valence-electron chi connectivity index (χ1n) is 11.1. The summed E-state index contributed by atoms with van der Waals surface area (Å²) in [6.07, 6.45) is 1.35. The van der Waals surface area contributed by atoms with Crippen molar-refractivity contribution in [2.75, 3.05) is 6.54 Å². The first-order valence-corrected chi connectivity index (χ1v) is 11.5. The van der Waals surface area contributed by atoms with Crippen molar-refractivity contribution < 1.29 is 9.59 Å². The highest BCUT2D eigenvalue weighted by Crippen LogP contribution is 2.19. The van der Waals surface area contributed by atoms with Crippen LogP contribution in [0.4, 0.5) is 0 Å². The number of halogens is 1. The maximum Gasteiger partial charge on any atom is 0.252 e. The molecule has 1 heterocycles. The summed E-state index contributed by atoms with van der Waals surface area (Å²) in [4.78, 5) is 32.1. The van der Waals surface area contributed by atoms with Crippen LogP contribution in [0.1, 0.15) is 50.3 Å². The molecule has 0 spiro atoms.